The van der Waals surface area contributed by atoms with Crippen LogP contribution in [0.2, 0.25) is 0 Å². The minimum Gasteiger partial charge on any atom is -0.345 e. The van der Waals surface area contributed by atoms with Gasteiger partial charge in [0.25, 0.3) is 5.91 Å². The summed E-state index contributed by atoms with van der Waals surface area (Å²) in [4.78, 5) is 13.1. The van der Waals surface area contributed by atoms with E-state index in [-0.39, 0.29) is 23.4 Å². The quantitative estimate of drug-likeness (QED) is 0.569. The number of hydrogen-bond acceptors (Lipinski definition) is 3. The minimum atomic E-state index is -3.57. The summed E-state index contributed by atoms with van der Waals surface area (Å²) in [7, 11) is -3.57. The highest BCUT2D eigenvalue weighted by Gasteiger charge is 2.24. The molecule has 1 atom stereocenters. The summed E-state index contributed by atoms with van der Waals surface area (Å²) in [6.07, 6.45) is 3.05. The van der Waals surface area contributed by atoms with Gasteiger partial charge in [-0.2, -0.15) is 4.31 Å². The average molecular weight is 449 g/mol. The first-order chi connectivity index (χ1) is 15.5. The largest absolute Gasteiger partial charge is 0.345 e. The van der Waals surface area contributed by atoms with Crippen molar-refractivity contribution >= 4 is 15.9 Å². The van der Waals surface area contributed by atoms with Crippen LogP contribution in [0, 0.1) is 0 Å². The Morgan fingerprint density at radius 1 is 0.969 bits per heavy atom. The fourth-order valence-electron chi connectivity index (χ4n) is 4.22. The predicted octanol–water partition coefficient (Wildman–Crippen LogP) is 4.70. The molecule has 1 aliphatic carbocycles. The third kappa shape index (κ3) is 4.76. The Morgan fingerprint density at radius 3 is 2.38 bits per heavy atom. The molecule has 32 heavy (non-hydrogen) atoms. The number of carbonyl (C=O) groups is 1. The lowest BCUT2D eigenvalue weighted by atomic mass is 9.87. The van der Waals surface area contributed by atoms with Crippen molar-refractivity contribution < 1.29 is 13.2 Å². The Labute approximate surface area is 190 Å². The fourth-order valence-corrected chi connectivity index (χ4v) is 5.68. The van der Waals surface area contributed by atoms with Gasteiger partial charge in [-0.3, -0.25) is 4.79 Å². The van der Waals surface area contributed by atoms with Crippen LogP contribution in [0.4, 0.5) is 0 Å². The van der Waals surface area contributed by atoms with E-state index < -0.39 is 10.0 Å². The molecule has 6 heteroatoms. The van der Waals surface area contributed by atoms with Gasteiger partial charge in [0.1, 0.15) is 0 Å². The van der Waals surface area contributed by atoms with E-state index in [0.717, 1.165) is 24.8 Å². The molecule has 0 saturated carbocycles. The van der Waals surface area contributed by atoms with Crippen molar-refractivity contribution in [2.45, 2.75) is 43.7 Å². The molecule has 166 valence electrons. The number of sulfonamides is 1. The molecule has 4 rings (SSSR count). The number of nitrogens with one attached hydrogen (secondary N) is 1. The van der Waals surface area contributed by atoms with Crippen LogP contribution in [0.5, 0.6) is 0 Å². The molecule has 3 aromatic carbocycles. The number of hydrogen-bond donors (Lipinski definition) is 1. The second kappa shape index (κ2) is 9.67. The topological polar surface area (TPSA) is 66.5 Å². The number of fused-ring (bicyclic) bond motifs is 1. The van der Waals surface area contributed by atoms with E-state index in [1.165, 1.54) is 15.4 Å². The molecule has 0 saturated heterocycles. The highest BCUT2D eigenvalue weighted by atomic mass is 32.2. The first-order valence-corrected chi connectivity index (χ1v) is 12.5. The Balaban J connectivity index is 1.44. The SMILES string of the molecule is CCN(Cc1ccc(C(=O)N[C@@H]2CCCc3ccccc32)cc1)S(=O)(=O)c1ccccc1. The van der Waals surface area contributed by atoms with Crippen LogP contribution in [0.3, 0.4) is 0 Å². The van der Waals surface area contributed by atoms with Gasteiger partial charge in [0, 0.05) is 18.7 Å². The molecule has 0 aliphatic heterocycles. The number of nitrogens with zero attached hydrogens (tertiary/aromatic N) is 1. The van der Waals surface area contributed by atoms with E-state index in [2.05, 4.69) is 17.4 Å². The highest BCUT2D eigenvalue weighted by molar-refractivity contribution is 7.89. The van der Waals surface area contributed by atoms with Crippen molar-refractivity contribution in [3.05, 3.63) is 101 Å². The van der Waals surface area contributed by atoms with E-state index in [1.807, 2.05) is 31.2 Å². The van der Waals surface area contributed by atoms with Gasteiger partial charge >= 0.3 is 0 Å². The lowest BCUT2D eigenvalue weighted by molar-refractivity contribution is 0.0932. The molecular weight excluding hydrogens is 420 g/mol. The Hall–Kier alpha value is -2.96. The monoisotopic (exact) mass is 448 g/mol. The van der Waals surface area contributed by atoms with Crippen LogP contribution in [0.1, 0.15) is 52.9 Å². The molecular formula is C26H28N2O3S. The average Bonchev–Trinajstić information content (AvgIpc) is 2.83. The van der Waals surface area contributed by atoms with E-state index in [4.69, 9.17) is 0 Å². The zero-order chi connectivity index (χ0) is 22.6. The van der Waals surface area contributed by atoms with Crippen LogP contribution in [0.15, 0.2) is 83.8 Å². The standard InChI is InChI=1S/C26H28N2O3S/c1-2-28(32(30,31)23-11-4-3-5-12-23)19-20-15-17-22(18-16-20)26(29)27-25-14-8-10-21-9-6-7-13-24(21)25/h3-7,9,11-13,15-18,25H,2,8,10,14,19H2,1H3,(H,27,29)/t25-/m1/s1. The number of carbonyl (C=O) groups excluding carboxylic acids is 1. The van der Waals surface area contributed by atoms with Crippen LogP contribution in [0.25, 0.3) is 0 Å². The minimum absolute atomic E-state index is 0.0266. The number of aryl methyl sites for hydroxylation is 1. The maximum Gasteiger partial charge on any atom is 0.251 e. The van der Waals surface area contributed by atoms with Gasteiger partial charge in [-0.25, -0.2) is 8.42 Å². The molecule has 5 nitrogen and oxygen atoms in total. The Bertz CT molecular complexity index is 1180. The first kappa shape index (κ1) is 22.2. The Kier molecular flexibility index (Phi) is 6.72. The Morgan fingerprint density at radius 2 is 1.66 bits per heavy atom. The number of amides is 1. The van der Waals surface area contributed by atoms with Gasteiger partial charge in [0.2, 0.25) is 10.0 Å². The van der Waals surface area contributed by atoms with Gasteiger partial charge in [-0.05, 0) is 60.2 Å². The molecule has 3 aromatic rings. The summed E-state index contributed by atoms with van der Waals surface area (Å²) in [5.41, 5.74) is 3.92. The molecule has 0 fully saturated rings. The second-order valence-corrected chi connectivity index (χ2v) is 10.00. The van der Waals surface area contributed by atoms with Gasteiger partial charge in [-0.15, -0.1) is 0 Å². The van der Waals surface area contributed by atoms with E-state index in [0.29, 0.717) is 12.1 Å². The van der Waals surface area contributed by atoms with Crippen LogP contribution >= 0.6 is 0 Å². The van der Waals surface area contributed by atoms with Crippen molar-refractivity contribution in [3.8, 4) is 0 Å². The van der Waals surface area contributed by atoms with E-state index >= 15 is 0 Å². The summed E-state index contributed by atoms with van der Waals surface area (Å²) in [5, 5.41) is 3.16. The van der Waals surface area contributed by atoms with E-state index in [9.17, 15) is 13.2 Å². The lowest BCUT2D eigenvalue weighted by Crippen LogP contribution is -2.31. The van der Waals surface area contributed by atoms with E-state index in [1.54, 1.807) is 42.5 Å². The molecule has 0 aromatic heterocycles. The van der Waals surface area contributed by atoms with Gasteiger partial charge in [0.15, 0.2) is 0 Å². The van der Waals surface area contributed by atoms with Crippen molar-refractivity contribution in [3.63, 3.8) is 0 Å². The normalized spacial score (nSPS) is 15.9. The smallest absolute Gasteiger partial charge is 0.251 e. The number of rotatable bonds is 7. The molecule has 0 unspecified atom stereocenters. The van der Waals surface area contributed by atoms with Crippen molar-refractivity contribution in [2.24, 2.45) is 0 Å². The molecule has 0 radical (unpaired) electrons. The molecule has 1 N–H and O–H groups in total. The third-order valence-electron chi connectivity index (χ3n) is 5.98. The maximum atomic E-state index is 12.9. The summed E-state index contributed by atoms with van der Waals surface area (Å²) < 4.78 is 27.3. The van der Waals surface area contributed by atoms with Gasteiger partial charge in [-0.1, -0.05) is 61.5 Å². The van der Waals surface area contributed by atoms with Crippen LogP contribution < -0.4 is 5.32 Å². The fraction of sp³-hybridized carbons (Fsp3) is 0.269. The molecule has 0 heterocycles. The van der Waals surface area contributed by atoms with Crippen molar-refractivity contribution in [2.75, 3.05) is 6.54 Å². The molecule has 0 bridgehead atoms. The zero-order valence-corrected chi connectivity index (χ0v) is 19.0. The lowest BCUT2D eigenvalue weighted by Gasteiger charge is -2.26. The first-order valence-electron chi connectivity index (χ1n) is 11.0. The second-order valence-electron chi connectivity index (χ2n) is 8.06. The summed E-state index contributed by atoms with van der Waals surface area (Å²) in [6.45, 7) is 2.44. The van der Waals surface area contributed by atoms with Crippen LogP contribution in [-0.2, 0) is 23.0 Å². The molecule has 0 spiro atoms. The number of benzene rings is 3. The summed E-state index contributed by atoms with van der Waals surface area (Å²) in [5.74, 6) is -0.109. The summed E-state index contributed by atoms with van der Waals surface area (Å²) >= 11 is 0. The highest BCUT2D eigenvalue weighted by Crippen LogP contribution is 2.29. The predicted molar refractivity (Wildman–Crippen MR) is 126 cm³/mol. The van der Waals surface area contributed by atoms with Crippen molar-refractivity contribution in [1.29, 1.82) is 0 Å². The van der Waals surface area contributed by atoms with Crippen LogP contribution in [-0.4, -0.2) is 25.2 Å². The molecule has 1 aliphatic rings. The maximum absolute atomic E-state index is 12.9. The van der Waals surface area contributed by atoms with Gasteiger partial charge < -0.3 is 5.32 Å². The van der Waals surface area contributed by atoms with Crippen molar-refractivity contribution in [1.82, 2.24) is 9.62 Å². The third-order valence-corrected chi connectivity index (χ3v) is 7.92. The zero-order valence-electron chi connectivity index (χ0n) is 18.2. The molecule has 1 amide bonds. The van der Waals surface area contributed by atoms with Gasteiger partial charge in [0.05, 0.1) is 10.9 Å². The summed E-state index contributed by atoms with van der Waals surface area (Å²) in [6, 6.07) is 23.9.